The van der Waals surface area contributed by atoms with Crippen LogP contribution in [0.2, 0.25) is 0 Å². The molecule has 0 radical (unpaired) electrons. The topological polar surface area (TPSA) is 46.5 Å². The average molecular weight is 128 g/mol. The number of ether oxygens (including phenoxy) is 1. The summed E-state index contributed by atoms with van der Waals surface area (Å²) in [6.07, 6.45) is 0.756. The van der Waals surface area contributed by atoms with Gasteiger partial charge in [-0.1, -0.05) is 0 Å². The zero-order chi connectivity index (χ0) is 6.85. The van der Waals surface area contributed by atoms with Gasteiger partial charge in [-0.15, -0.1) is 0 Å². The predicted molar refractivity (Wildman–Crippen MR) is 30.7 cm³/mol. The van der Waals surface area contributed by atoms with Crippen molar-refractivity contribution in [2.45, 2.75) is 13.0 Å². The maximum absolute atomic E-state index is 10.7. The van der Waals surface area contributed by atoms with Crippen molar-refractivity contribution in [1.29, 1.82) is 0 Å². The van der Waals surface area contributed by atoms with Crippen molar-refractivity contribution in [3.05, 3.63) is 11.8 Å². The molecule has 0 aromatic heterocycles. The number of ketones is 1. The molecule has 50 valence electrons. The van der Waals surface area contributed by atoms with E-state index in [2.05, 4.69) is 0 Å². The third-order valence-corrected chi connectivity index (χ3v) is 1.16. The van der Waals surface area contributed by atoms with Crippen LogP contribution in [0.3, 0.4) is 0 Å². The van der Waals surface area contributed by atoms with E-state index in [4.69, 9.17) is 9.84 Å². The molecule has 0 aromatic carbocycles. The molecule has 9 heavy (non-hydrogen) atoms. The van der Waals surface area contributed by atoms with Gasteiger partial charge in [0, 0.05) is 6.08 Å². The van der Waals surface area contributed by atoms with Crippen LogP contribution in [0.4, 0.5) is 0 Å². The Morgan fingerprint density at radius 2 is 2.56 bits per heavy atom. The summed E-state index contributed by atoms with van der Waals surface area (Å²) in [5.41, 5.74) is 0. The van der Waals surface area contributed by atoms with E-state index in [0.29, 0.717) is 5.76 Å². The smallest absolute Gasteiger partial charge is 0.201 e. The lowest BCUT2D eigenvalue weighted by atomic mass is 10.2. The minimum Gasteiger partial charge on any atom is -0.484 e. The second-order valence-electron chi connectivity index (χ2n) is 1.95. The molecule has 1 heterocycles. The molecule has 1 aliphatic heterocycles. The van der Waals surface area contributed by atoms with Crippen LogP contribution in [0, 0.1) is 0 Å². The van der Waals surface area contributed by atoms with Gasteiger partial charge >= 0.3 is 0 Å². The van der Waals surface area contributed by atoms with Crippen LogP contribution < -0.4 is 0 Å². The molecule has 1 atom stereocenters. The number of allylic oxidation sites excluding steroid dienone is 1. The number of aliphatic hydroxyl groups is 1. The van der Waals surface area contributed by atoms with E-state index in [0.717, 1.165) is 0 Å². The van der Waals surface area contributed by atoms with E-state index in [1.165, 1.54) is 6.08 Å². The van der Waals surface area contributed by atoms with Crippen molar-refractivity contribution in [2.75, 3.05) is 6.61 Å². The Labute approximate surface area is 52.9 Å². The quantitative estimate of drug-likeness (QED) is 0.534. The van der Waals surface area contributed by atoms with Crippen molar-refractivity contribution in [3.8, 4) is 0 Å². The Morgan fingerprint density at radius 3 is 2.78 bits per heavy atom. The minimum absolute atomic E-state index is 0.144. The molecular weight excluding hydrogens is 120 g/mol. The summed E-state index contributed by atoms with van der Waals surface area (Å²) in [5, 5.41) is 8.48. The first-order valence-electron chi connectivity index (χ1n) is 2.73. The van der Waals surface area contributed by atoms with E-state index in [-0.39, 0.29) is 12.4 Å². The van der Waals surface area contributed by atoms with Gasteiger partial charge < -0.3 is 9.84 Å². The largest absolute Gasteiger partial charge is 0.484 e. The van der Waals surface area contributed by atoms with E-state index in [9.17, 15) is 4.79 Å². The number of rotatable bonds is 1. The molecule has 1 aliphatic rings. The van der Waals surface area contributed by atoms with Gasteiger partial charge in [0.15, 0.2) is 6.10 Å². The predicted octanol–water partition coefficient (Wildman–Crippen LogP) is -0.150. The van der Waals surface area contributed by atoms with Gasteiger partial charge in [-0.05, 0) is 6.92 Å². The van der Waals surface area contributed by atoms with E-state index < -0.39 is 6.10 Å². The maximum atomic E-state index is 10.7. The number of carbonyl (C=O) groups is 1. The summed E-state index contributed by atoms with van der Waals surface area (Å²) in [5.74, 6) is 0.439. The van der Waals surface area contributed by atoms with Crippen molar-refractivity contribution in [2.24, 2.45) is 0 Å². The summed E-state index contributed by atoms with van der Waals surface area (Å²) in [4.78, 5) is 10.7. The summed E-state index contributed by atoms with van der Waals surface area (Å²) in [6.45, 7) is 1.46. The highest BCUT2D eigenvalue weighted by molar-refractivity contribution is 5.95. The lowest BCUT2D eigenvalue weighted by molar-refractivity contribution is -0.122. The fraction of sp³-hybridized carbons (Fsp3) is 0.500. The highest BCUT2D eigenvalue weighted by atomic mass is 16.5. The summed E-state index contributed by atoms with van der Waals surface area (Å²) < 4.78 is 4.88. The molecule has 0 spiro atoms. The Kier molecular flexibility index (Phi) is 1.53. The summed E-state index contributed by atoms with van der Waals surface area (Å²) in [6, 6.07) is 0. The third-order valence-electron chi connectivity index (χ3n) is 1.16. The maximum Gasteiger partial charge on any atom is 0.201 e. The van der Waals surface area contributed by atoms with Crippen LogP contribution in [0.25, 0.3) is 0 Å². The molecule has 0 bridgehead atoms. The highest BCUT2D eigenvalue weighted by Crippen LogP contribution is 2.11. The van der Waals surface area contributed by atoms with Gasteiger partial charge in [0.2, 0.25) is 5.78 Å². The summed E-state index contributed by atoms with van der Waals surface area (Å²) >= 11 is 0. The van der Waals surface area contributed by atoms with Crippen LogP contribution in [0.15, 0.2) is 11.8 Å². The van der Waals surface area contributed by atoms with E-state index in [1.54, 1.807) is 6.92 Å². The van der Waals surface area contributed by atoms with Gasteiger partial charge in [-0.3, -0.25) is 4.79 Å². The van der Waals surface area contributed by atoms with Crippen molar-refractivity contribution in [1.82, 2.24) is 0 Å². The molecule has 3 nitrogen and oxygen atoms in total. The fourth-order valence-electron chi connectivity index (χ4n) is 0.737. The number of aliphatic hydroxyl groups excluding tert-OH is 1. The van der Waals surface area contributed by atoms with Crippen LogP contribution in [0.5, 0.6) is 0 Å². The molecule has 3 heteroatoms. The Hall–Kier alpha value is -0.830. The van der Waals surface area contributed by atoms with Crippen LogP contribution in [-0.2, 0) is 9.53 Å². The van der Waals surface area contributed by atoms with Crippen LogP contribution >= 0.6 is 0 Å². The second kappa shape index (κ2) is 2.19. The van der Waals surface area contributed by atoms with Gasteiger partial charge in [0.05, 0.1) is 12.4 Å². The molecule has 0 saturated carbocycles. The first kappa shape index (κ1) is 6.29. The van der Waals surface area contributed by atoms with E-state index in [1.807, 2.05) is 0 Å². The number of hydrogen-bond acceptors (Lipinski definition) is 3. The zero-order valence-electron chi connectivity index (χ0n) is 5.13. The number of hydrogen-bond donors (Lipinski definition) is 1. The zero-order valence-corrected chi connectivity index (χ0v) is 5.13. The molecule has 1 rings (SSSR count). The first-order valence-corrected chi connectivity index (χ1v) is 2.73. The molecule has 0 amide bonds. The lowest BCUT2D eigenvalue weighted by Crippen LogP contribution is -2.20. The molecule has 1 N–H and O–H groups in total. The van der Waals surface area contributed by atoms with Crippen molar-refractivity contribution >= 4 is 5.78 Å². The molecule has 0 aromatic rings. The first-order chi connectivity index (χ1) is 4.24. The third kappa shape index (κ3) is 1.10. The normalized spacial score (nSPS) is 25.8. The van der Waals surface area contributed by atoms with Gasteiger partial charge in [-0.25, -0.2) is 0 Å². The van der Waals surface area contributed by atoms with Gasteiger partial charge in [0.25, 0.3) is 0 Å². The second-order valence-corrected chi connectivity index (χ2v) is 1.95. The van der Waals surface area contributed by atoms with Gasteiger partial charge in [-0.2, -0.15) is 0 Å². The Balaban J connectivity index is 2.60. The molecule has 0 saturated heterocycles. The molecule has 1 unspecified atom stereocenters. The SMILES string of the molecule is CC1=CC(=O)C(CO)O1. The van der Waals surface area contributed by atoms with Crippen LogP contribution in [0.1, 0.15) is 6.92 Å². The monoisotopic (exact) mass is 128 g/mol. The van der Waals surface area contributed by atoms with Crippen molar-refractivity contribution < 1.29 is 14.6 Å². The number of carbonyl (C=O) groups excluding carboxylic acids is 1. The lowest BCUT2D eigenvalue weighted by Gasteiger charge is -2.04. The molecule has 0 fully saturated rings. The minimum atomic E-state index is -0.634. The highest BCUT2D eigenvalue weighted by Gasteiger charge is 2.23. The van der Waals surface area contributed by atoms with Gasteiger partial charge in [0.1, 0.15) is 0 Å². The standard InChI is InChI=1S/C6H8O3/c1-4-2-5(8)6(3-7)9-4/h2,6-7H,3H2,1H3. The Morgan fingerprint density at radius 1 is 1.89 bits per heavy atom. The fourth-order valence-corrected chi connectivity index (χ4v) is 0.737. The van der Waals surface area contributed by atoms with Crippen molar-refractivity contribution in [3.63, 3.8) is 0 Å². The Bertz CT molecular complexity index is 160. The van der Waals surface area contributed by atoms with E-state index >= 15 is 0 Å². The molecule has 0 aliphatic carbocycles. The summed E-state index contributed by atoms with van der Waals surface area (Å²) in [7, 11) is 0. The van der Waals surface area contributed by atoms with Crippen LogP contribution in [-0.4, -0.2) is 23.6 Å². The molecular formula is C6H8O3. The average Bonchev–Trinajstić information content (AvgIpc) is 2.10.